The average Bonchev–Trinajstić information content (AvgIpc) is 2.90. The highest BCUT2D eigenvalue weighted by molar-refractivity contribution is 7.91. The Kier molecular flexibility index (Phi) is 8.32. The first-order chi connectivity index (χ1) is 17.8. The highest BCUT2D eigenvalue weighted by Crippen LogP contribution is 2.44. The maximum Gasteiger partial charge on any atom is 0.198 e. The maximum absolute atomic E-state index is 13.4. The minimum Gasteiger partial charge on any atom is -0.506 e. The van der Waals surface area contributed by atoms with Gasteiger partial charge >= 0.3 is 0 Å². The predicted molar refractivity (Wildman–Crippen MR) is 144 cm³/mol. The van der Waals surface area contributed by atoms with Gasteiger partial charge in [0.25, 0.3) is 0 Å². The molecule has 7 heteroatoms. The molecule has 0 saturated carbocycles. The molecule has 0 saturated heterocycles. The van der Waals surface area contributed by atoms with Gasteiger partial charge in [-0.3, -0.25) is 9.59 Å². The predicted octanol–water partition coefficient (Wildman–Crippen LogP) is 6.72. The third-order valence-electron chi connectivity index (χ3n) is 7.22. The summed E-state index contributed by atoms with van der Waals surface area (Å²) >= 11 is 0. The summed E-state index contributed by atoms with van der Waals surface area (Å²) in [5.74, 6) is -2.10. The Balaban J connectivity index is 1.47. The second kappa shape index (κ2) is 11.5. The van der Waals surface area contributed by atoms with Gasteiger partial charge in [0.05, 0.1) is 21.8 Å². The van der Waals surface area contributed by atoms with Crippen molar-refractivity contribution in [2.75, 3.05) is 5.75 Å². The summed E-state index contributed by atoms with van der Waals surface area (Å²) in [5, 5.41) is 22.1. The molecule has 0 unspecified atom stereocenters. The molecule has 6 nitrogen and oxygen atoms in total. The summed E-state index contributed by atoms with van der Waals surface area (Å²) in [6.07, 6.45) is 10.9. The van der Waals surface area contributed by atoms with Crippen LogP contribution < -0.4 is 0 Å². The lowest BCUT2D eigenvalue weighted by atomic mass is 9.81. The van der Waals surface area contributed by atoms with Gasteiger partial charge in [-0.05, 0) is 24.6 Å². The average molecular weight is 523 g/mol. The second-order valence-electron chi connectivity index (χ2n) is 9.86. The summed E-state index contributed by atoms with van der Waals surface area (Å²) in [4.78, 5) is 26.6. The molecule has 3 aromatic carbocycles. The number of carbonyl (C=O) groups is 2. The van der Waals surface area contributed by atoms with Crippen LogP contribution in [0.2, 0.25) is 0 Å². The van der Waals surface area contributed by atoms with Crippen molar-refractivity contribution >= 4 is 32.2 Å². The molecule has 2 N–H and O–H groups in total. The van der Waals surface area contributed by atoms with E-state index in [1.807, 2.05) is 0 Å². The largest absolute Gasteiger partial charge is 0.506 e. The smallest absolute Gasteiger partial charge is 0.198 e. The van der Waals surface area contributed by atoms with Gasteiger partial charge in [-0.25, -0.2) is 8.42 Å². The summed E-state index contributed by atoms with van der Waals surface area (Å²) in [5.41, 5.74) is -0.611. The first-order valence-corrected chi connectivity index (χ1v) is 14.9. The van der Waals surface area contributed by atoms with E-state index in [1.165, 1.54) is 56.7 Å². The Hall–Kier alpha value is -3.19. The molecule has 0 radical (unpaired) electrons. The van der Waals surface area contributed by atoms with Crippen molar-refractivity contribution in [2.45, 2.75) is 76.0 Å². The molecule has 0 spiro atoms. The van der Waals surface area contributed by atoms with E-state index in [1.54, 1.807) is 24.3 Å². The first-order valence-electron chi connectivity index (χ1n) is 13.2. The number of carbonyl (C=O) groups excluding carboxylic acids is 2. The summed E-state index contributed by atoms with van der Waals surface area (Å²) in [7, 11) is -3.65. The number of unbranched alkanes of at least 4 members (excludes halogenated alkanes) is 9. The van der Waals surface area contributed by atoms with Gasteiger partial charge in [-0.1, -0.05) is 89.0 Å². The number of aromatic hydroxyl groups is 2. The molecular formula is C30H34O6S. The number of rotatable bonds is 12. The molecule has 0 atom stereocenters. The number of benzene rings is 3. The Morgan fingerprint density at radius 3 is 1.68 bits per heavy atom. The molecule has 1 aliphatic carbocycles. The van der Waals surface area contributed by atoms with Crippen LogP contribution in [0.15, 0.2) is 47.4 Å². The van der Waals surface area contributed by atoms with Crippen LogP contribution in [-0.2, 0) is 9.84 Å². The van der Waals surface area contributed by atoms with Gasteiger partial charge in [0.2, 0.25) is 0 Å². The van der Waals surface area contributed by atoms with E-state index in [0.717, 1.165) is 19.3 Å². The van der Waals surface area contributed by atoms with E-state index in [-0.39, 0.29) is 49.4 Å². The third kappa shape index (κ3) is 5.42. The number of hydrogen-bond acceptors (Lipinski definition) is 6. The van der Waals surface area contributed by atoms with Crippen LogP contribution in [0.5, 0.6) is 11.5 Å². The molecule has 0 heterocycles. The molecule has 0 bridgehead atoms. The summed E-state index contributed by atoms with van der Waals surface area (Å²) < 4.78 is 26.0. The van der Waals surface area contributed by atoms with Gasteiger partial charge in [0.1, 0.15) is 11.5 Å². The maximum atomic E-state index is 13.4. The van der Waals surface area contributed by atoms with Crippen molar-refractivity contribution in [3.8, 4) is 11.5 Å². The molecule has 0 aromatic heterocycles. The number of sulfone groups is 1. The Morgan fingerprint density at radius 2 is 1.14 bits per heavy atom. The molecule has 37 heavy (non-hydrogen) atoms. The lowest BCUT2D eigenvalue weighted by Gasteiger charge is -2.21. The highest BCUT2D eigenvalue weighted by Gasteiger charge is 2.37. The quantitative estimate of drug-likeness (QED) is 0.158. The topological polar surface area (TPSA) is 109 Å². The van der Waals surface area contributed by atoms with E-state index in [9.17, 15) is 28.2 Å². The number of phenolic OH excluding ortho intramolecular Hbond substituents is 2. The first kappa shape index (κ1) is 26.9. The monoisotopic (exact) mass is 522 g/mol. The SMILES string of the molecule is CCCCCCCCCCCCS(=O)(=O)c1ccc2c(c1)C(=O)c1c(c(O)c3ccccc3c1O)C2=O. The van der Waals surface area contributed by atoms with E-state index >= 15 is 0 Å². The van der Waals surface area contributed by atoms with Crippen molar-refractivity contribution in [1.82, 2.24) is 0 Å². The van der Waals surface area contributed by atoms with Gasteiger partial charge in [0.15, 0.2) is 21.4 Å². The molecule has 196 valence electrons. The van der Waals surface area contributed by atoms with Crippen LogP contribution in [0.4, 0.5) is 0 Å². The highest BCUT2D eigenvalue weighted by atomic mass is 32.2. The third-order valence-corrected chi connectivity index (χ3v) is 9.02. The molecular weight excluding hydrogens is 488 g/mol. The molecule has 0 fully saturated rings. The normalized spacial score (nSPS) is 13.1. The lowest BCUT2D eigenvalue weighted by molar-refractivity contribution is 0.0974. The van der Waals surface area contributed by atoms with E-state index in [2.05, 4.69) is 6.92 Å². The molecule has 4 rings (SSSR count). The van der Waals surface area contributed by atoms with Crippen molar-refractivity contribution in [3.63, 3.8) is 0 Å². The van der Waals surface area contributed by atoms with Crippen molar-refractivity contribution in [1.29, 1.82) is 0 Å². The number of ketones is 2. The van der Waals surface area contributed by atoms with Gasteiger partial charge < -0.3 is 10.2 Å². The van der Waals surface area contributed by atoms with Crippen LogP contribution in [-0.4, -0.2) is 36.0 Å². The molecule has 0 amide bonds. The van der Waals surface area contributed by atoms with Crippen LogP contribution in [0.1, 0.15) is 103 Å². The van der Waals surface area contributed by atoms with Crippen molar-refractivity contribution < 1.29 is 28.2 Å². The standard InChI is InChI=1S/C30H34O6S/c1-2-3-4-5-6-7-8-9-10-13-18-37(35,36)20-16-17-23-24(19-20)30(34)26-25(29(23)33)27(31)21-14-11-12-15-22(21)28(26)32/h11-12,14-17,19,31-32H,2-10,13,18H2,1H3. The number of hydrogen-bond donors (Lipinski definition) is 2. The lowest BCUT2D eigenvalue weighted by Crippen LogP contribution is -2.22. The van der Waals surface area contributed by atoms with E-state index in [4.69, 9.17) is 0 Å². The molecule has 3 aromatic rings. The van der Waals surface area contributed by atoms with Gasteiger partial charge in [-0.15, -0.1) is 0 Å². The van der Waals surface area contributed by atoms with E-state index in [0.29, 0.717) is 6.42 Å². The van der Waals surface area contributed by atoms with Crippen LogP contribution in [0.3, 0.4) is 0 Å². The summed E-state index contributed by atoms with van der Waals surface area (Å²) in [6.45, 7) is 2.20. The zero-order valence-corrected chi connectivity index (χ0v) is 22.1. The zero-order valence-electron chi connectivity index (χ0n) is 21.3. The number of phenols is 2. The summed E-state index contributed by atoms with van der Waals surface area (Å²) in [6, 6.07) is 10.3. The molecule has 1 aliphatic rings. The Morgan fingerprint density at radius 1 is 0.649 bits per heavy atom. The van der Waals surface area contributed by atoms with Crippen molar-refractivity contribution in [3.05, 3.63) is 64.7 Å². The zero-order chi connectivity index (χ0) is 26.6. The van der Waals surface area contributed by atoms with Crippen LogP contribution in [0, 0.1) is 0 Å². The fraction of sp³-hybridized carbons (Fsp3) is 0.400. The van der Waals surface area contributed by atoms with Crippen LogP contribution >= 0.6 is 0 Å². The Labute approximate surface area is 218 Å². The minimum atomic E-state index is -3.65. The number of fused-ring (bicyclic) bond motifs is 3. The molecule has 0 aliphatic heterocycles. The second-order valence-corrected chi connectivity index (χ2v) is 12.0. The van der Waals surface area contributed by atoms with E-state index < -0.39 is 27.2 Å². The Bertz CT molecular complexity index is 1440. The fourth-order valence-corrected chi connectivity index (χ4v) is 6.51. The van der Waals surface area contributed by atoms with Gasteiger partial charge in [-0.2, -0.15) is 0 Å². The van der Waals surface area contributed by atoms with Crippen molar-refractivity contribution in [2.24, 2.45) is 0 Å². The minimum absolute atomic E-state index is 0.0142. The van der Waals surface area contributed by atoms with Crippen LogP contribution in [0.25, 0.3) is 10.8 Å². The fourth-order valence-electron chi connectivity index (χ4n) is 5.11. The van der Waals surface area contributed by atoms with Gasteiger partial charge in [0, 0.05) is 21.9 Å².